The average Bonchev–Trinajstić information content (AvgIpc) is 2.90. The standard InChI is InChI=1S/C16H31N3O2/c1-14(12-17)13-18-7-3-8-19(10-9-18)16(20)6-5-15-4-2-11-21-15/h14-15H,2-13,17H2,1H3. The maximum absolute atomic E-state index is 12.3. The molecule has 122 valence electrons. The first-order valence-electron chi connectivity index (χ1n) is 8.51. The Hall–Kier alpha value is -0.650. The maximum atomic E-state index is 12.3. The molecule has 0 aromatic carbocycles. The van der Waals surface area contributed by atoms with E-state index in [2.05, 4.69) is 11.8 Å². The summed E-state index contributed by atoms with van der Waals surface area (Å²) >= 11 is 0. The van der Waals surface area contributed by atoms with Crippen LogP contribution in [0.4, 0.5) is 0 Å². The molecule has 21 heavy (non-hydrogen) atoms. The first kappa shape index (κ1) is 16.7. The second-order valence-corrected chi connectivity index (χ2v) is 6.55. The van der Waals surface area contributed by atoms with Gasteiger partial charge in [-0.3, -0.25) is 4.79 Å². The molecule has 2 fully saturated rings. The van der Waals surface area contributed by atoms with E-state index < -0.39 is 0 Å². The molecule has 0 aliphatic carbocycles. The van der Waals surface area contributed by atoms with Crippen LogP contribution >= 0.6 is 0 Å². The van der Waals surface area contributed by atoms with E-state index >= 15 is 0 Å². The number of amides is 1. The molecule has 2 aliphatic heterocycles. The van der Waals surface area contributed by atoms with Crippen LogP contribution in [0.25, 0.3) is 0 Å². The van der Waals surface area contributed by atoms with Crippen LogP contribution in [-0.2, 0) is 9.53 Å². The van der Waals surface area contributed by atoms with Gasteiger partial charge in [0.25, 0.3) is 0 Å². The van der Waals surface area contributed by atoms with Gasteiger partial charge in [0.1, 0.15) is 0 Å². The van der Waals surface area contributed by atoms with E-state index in [-0.39, 0.29) is 0 Å². The van der Waals surface area contributed by atoms with Gasteiger partial charge in [-0.25, -0.2) is 0 Å². The largest absolute Gasteiger partial charge is 0.378 e. The average molecular weight is 297 g/mol. The minimum Gasteiger partial charge on any atom is -0.378 e. The minimum absolute atomic E-state index is 0.305. The summed E-state index contributed by atoms with van der Waals surface area (Å²) in [5.74, 6) is 0.839. The number of nitrogens with zero attached hydrogens (tertiary/aromatic N) is 2. The van der Waals surface area contributed by atoms with E-state index in [0.29, 0.717) is 24.3 Å². The van der Waals surface area contributed by atoms with E-state index in [9.17, 15) is 4.79 Å². The summed E-state index contributed by atoms with van der Waals surface area (Å²) in [4.78, 5) is 16.8. The number of hydrogen-bond acceptors (Lipinski definition) is 4. The highest BCUT2D eigenvalue weighted by molar-refractivity contribution is 5.76. The van der Waals surface area contributed by atoms with E-state index in [1.165, 1.54) is 0 Å². The zero-order chi connectivity index (χ0) is 15.1. The Kier molecular flexibility index (Phi) is 6.93. The van der Waals surface area contributed by atoms with Crippen molar-refractivity contribution in [1.82, 2.24) is 9.80 Å². The molecule has 0 aromatic heterocycles. The zero-order valence-electron chi connectivity index (χ0n) is 13.4. The number of ether oxygens (including phenoxy) is 1. The van der Waals surface area contributed by atoms with Crippen molar-refractivity contribution >= 4 is 5.91 Å². The Morgan fingerprint density at radius 3 is 2.86 bits per heavy atom. The molecule has 1 amide bonds. The van der Waals surface area contributed by atoms with Crippen molar-refractivity contribution in [3.8, 4) is 0 Å². The number of rotatable bonds is 6. The molecular formula is C16H31N3O2. The van der Waals surface area contributed by atoms with Crippen molar-refractivity contribution in [2.75, 3.05) is 45.9 Å². The molecule has 2 rings (SSSR count). The van der Waals surface area contributed by atoms with Crippen LogP contribution in [0.2, 0.25) is 0 Å². The van der Waals surface area contributed by atoms with Crippen LogP contribution in [0.15, 0.2) is 0 Å². The van der Waals surface area contributed by atoms with Crippen LogP contribution < -0.4 is 5.73 Å². The van der Waals surface area contributed by atoms with Gasteiger partial charge in [-0.15, -0.1) is 0 Å². The molecule has 2 aliphatic rings. The fraction of sp³-hybridized carbons (Fsp3) is 0.938. The molecule has 0 spiro atoms. The molecule has 0 saturated carbocycles. The van der Waals surface area contributed by atoms with E-state index in [1.54, 1.807) is 0 Å². The second-order valence-electron chi connectivity index (χ2n) is 6.55. The van der Waals surface area contributed by atoms with Gasteiger partial charge in [0.05, 0.1) is 6.10 Å². The van der Waals surface area contributed by atoms with Crippen LogP contribution in [0, 0.1) is 5.92 Å². The van der Waals surface area contributed by atoms with Crippen LogP contribution in [-0.4, -0.2) is 67.7 Å². The predicted molar refractivity (Wildman–Crippen MR) is 84.1 cm³/mol. The third-order valence-electron chi connectivity index (χ3n) is 4.62. The number of nitrogens with two attached hydrogens (primary N) is 1. The smallest absolute Gasteiger partial charge is 0.222 e. The van der Waals surface area contributed by atoms with Crippen molar-refractivity contribution in [3.05, 3.63) is 0 Å². The maximum Gasteiger partial charge on any atom is 0.222 e. The normalized spacial score (nSPS) is 25.8. The highest BCUT2D eigenvalue weighted by Gasteiger charge is 2.22. The molecule has 2 atom stereocenters. The number of carbonyl (C=O) groups excluding carboxylic acids is 1. The Labute approximate surface area is 128 Å². The van der Waals surface area contributed by atoms with Gasteiger partial charge in [-0.1, -0.05) is 6.92 Å². The van der Waals surface area contributed by atoms with Crippen molar-refractivity contribution in [2.45, 2.75) is 45.1 Å². The lowest BCUT2D eigenvalue weighted by Crippen LogP contribution is -2.37. The van der Waals surface area contributed by atoms with Gasteiger partial charge in [0.2, 0.25) is 5.91 Å². The summed E-state index contributed by atoms with van der Waals surface area (Å²) in [5, 5.41) is 0. The Morgan fingerprint density at radius 2 is 2.14 bits per heavy atom. The Morgan fingerprint density at radius 1 is 1.29 bits per heavy atom. The van der Waals surface area contributed by atoms with Crippen LogP contribution in [0.5, 0.6) is 0 Å². The van der Waals surface area contributed by atoms with Gasteiger partial charge in [0, 0.05) is 39.2 Å². The lowest BCUT2D eigenvalue weighted by Gasteiger charge is -2.24. The second kappa shape index (κ2) is 8.71. The highest BCUT2D eigenvalue weighted by atomic mass is 16.5. The molecule has 0 aromatic rings. The molecule has 0 bridgehead atoms. The lowest BCUT2D eigenvalue weighted by atomic mass is 10.1. The number of hydrogen-bond donors (Lipinski definition) is 1. The molecule has 2 heterocycles. The monoisotopic (exact) mass is 297 g/mol. The SMILES string of the molecule is CC(CN)CN1CCCN(C(=O)CCC2CCCO2)CC1. The molecule has 2 unspecified atom stereocenters. The molecule has 5 heteroatoms. The van der Waals surface area contributed by atoms with Gasteiger partial charge >= 0.3 is 0 Å². The van der Waals surface area contributed by atoms with Gasteiger partial charge < -0.3 is 20.3 Å². The van der Waals surface area contributed by atoms with Crippen LogP contribution in [0.1, 0.15) is 39.0 Å². The summed E-state index contributed by atoms with van der Waals surface area (Å²) in [7, 11) is 0. The third-order valence-corrected chi connectivity index (χ3v) is 4.62. The molecule has 2 saturated heterocycles. The predicted octanol–water partition coefficient (Wildman–Crippen LogP) is 1.07. The molecule has 5 nitrogen and oxygen atoms in total. The third kappa shape index (κ3) is 5.57. The highest BCUT2D eigenvalue weighted by Crippen LogP contribution is 2.17. The topological polar surface area (TPSA) is 58.8 Å². The van der Waals surface area contributed by atoms with Crippen LogP contribution in [0.3, 0.4) is 0 Å². The first-order chi connectivity index (χ1) is 10.2. The number of carbonyl (C=O) groups is 1. The minimum atomic E-state index is 0.305. The van der Waals surface area contributed by atoms with Crippen molar-refractivity contribution in [2.24, 2.45) is 11.7 Å². The van der Waals surface area contributed by atoms with E-state index in [4.69, 9.17) is 10.5 Å². The summed E-state index contributed by atoms with van der Waals surface area (Å²) in [6.45, 7) is 8.68. The molecule has 0 radical (unpaired) electrons. The van der Waals surface area contributed by atoms with Gasteiger partial charge in [0.15, 0.2) is 0 Å². The first-order valence-corrected chi connectivity index (χ1v) is 8.51. The molecule has 2 N–H and O–H groups in total. The van der Waals surface area contributed by atoms with Crippen molar-refractivity contribution in [1.29, 1.82) is 0 Å². The van der Waals surface area contributed by atoms with E-state index in [0.717, 1.165) is 71.6 Å². The Bertz CT molecular complexity index is 319. The Balaban J connectivity index is 1.69. The van der Waals surface area contributed by atoms with E-state index in [1.807, 2.05) is 4.90 Å². The molecular weight excluding hydrogens is 266 g/mol. The fourth-order valence-electron chi connectivity index (χ4n) is 3.23. The fourth-order valence-corrected chi connectivity index (χ4v) is 3.23. The van der Waals surface area contributed by atoms with Crippen molar-refractivity contribution in [3.63, 3.8) is 0 Å². The van der Waals surface area contributed by atoms with Gasteiger partial charge in [-0.05, 0) is 44.7 Å². The summed E-state index contributed by atoms with van der Waals surface area (Å²) in [6.07, 6.45) is 5.20. The van der Waals surface area contributed by atoms with Crippen molar-refractivity contribution < 1.29 is 9.53 Å². The summed E-state index contributed by atoms with van der Waals surface area (Å²) in [6, 6.07) is 0. The summed E-state index contributed by atoms with van der Waals surface area (Å²) < 4.78 is 5.60. The quantitative estimate of drug-likeness (QED) is 0.797. The zero-order valence-corrected chi connectivity index (χ0v) is 13.4. The van der Waals surface area contributed by atoms with Gasteiger partial charge in [-0.2, -0.15) is 0 Å². The lowest BCUT2D eigenvalue weighted by molar-refractivity contribution is -0.131. The summed E-state index contributed by atoms with van der Waals surface area (Å²) in [5.41, 5.74) is 5.70.